The zero-order valence-corrected chi connectivity index (χ0v) is 11.4. The van der Waals surface area contributed by atoms with Crippen LogP contribution in [0.15, 0.2) is 28.0 Å². The molecule has 0 bridgehead atoms. The second-order valence-electron chi connectivity index (χ2n) is 5.16. The van der Waals surface area contributed by atoms with Crippen LogP contribution in [0.5, 0.6) is 0 Å². The Balaban J connectivity index is 2.30. The summed E-state index contributed by atoms with van der Waals surface area (Å²) in [7, 11) is -3.48. The van der Waals surface area contributed by atoms with E-state index in [1.54, 1.807) is 0 Å². The zero-order valence-electron chi connectivity index (χ0n) is 10.6. The molecule has 2 rings (SSSR count). The van der Waals surface area contributed by atoms with Gasteiger partial charge in [0.1, 0.15) is 0 Å². The molecule has 1 aromatic rings. The van der Waals surface area contributed by atoms with Crippen molar-refractivity contribution in [2.24, 2.45) is 11.8 Å². The molecule has 100 valence electrons. The summed E-state index contributed by atoms with van der Waals surface area (Å²) in [5.74, 6) is 0.734. The Morgan fingerprint density at radius 1 is 1.22 bits per heavy atom. The SMILES string of the molecule is CC1CC(C)CN(S(=O)(=O)c2ccc(=O)[nH]c2)C1. The number of sulfonamides is 1. The molecule has 0 aliphatic carbocycles. The van der Waals surface area contributed by atoms with E-state index < -0.39 is 10.0 Å². The highest BCUT2D eigenvalue weighted by atomic mass is 32.2. The first-order chi connectivity index (χ1) is 8.39. The van der Waals surface area contributed by atoms with E-state index in [-0.39, 0.29) is 10.5 Å². The first kappa shape index (κ1) is 13.3. The third kappa shape index (κ3) is 2.64. The predicted octanol–water partition coefficient (Wildman–Crippen LogP) is 1.04. The van der Waals surface area contributed by atoms with E-state index in [9.17, 15) is 13.2 Å². The van der Waals surface area contributed by atoms with Gasteiger partial charge in [0.05, 0.1) is 4.90 Å². The molecule has 0 amide bonds. The number of hydrogen-bond donors (Lipinski definition) is 1. The summed E-state index contributed by atoms with van der Waals surface area (Å²) in [5.41, 5.74) is -0.297. The Bertz CT molecular complexity index is 549. The van der Waals surface area contributed by atoms with E-state index in [0.29, 0.717) is 24.9 Å². The molecular weight excluding hydrogens is 252 g/mol. The fraction of sp³-hybridized carbons (Fsp3) is 0.583. The van der Waals surface area contributed by atoms with E-state index in [0.717, 1.165) is 6.42 Å². The van der Waals surface area contributed by atoms with Crippen LogP contribution in [0, 0.1) is 11.8 Å². The minimum Gasteiger partial charge on any atom is -0.328 e. The van der Waals surface area contributed by atoms with Gasteiger partial charge in [0.2, 0.25) is 15.6 Å². The zero-order chi connectivity index (χ0) is 13.3. The van der Waals surface area contributed by atoms with Crippen LogP contribution in [-0.2, 0) is 10.0 Å². The van der Waals surface area contributed by atoms with Crippen molar-refractivity contribution in [3.05, 3.63) is 28.7 Å². The average Bonchev–Trinajstić information content (AvgIpc) is 2.28. The fourth-order valence-electron chi connectivity index (χ4n) is 2.51. The number of H-pyrrole nitrogens is 1. The van der Waals surface area contributed by atoms with Crippen molar-refractivity contribution in [3.63, 3.8) is 0 Å². The van der Waals surface area contributed by atoms with Crippen LogP contribution in [-0.4, -0.2) is 30.8 Å². The van der Waals surface area contributed by atoms with Crippen molar-refractivity contribution in [1.82, 2.24) is 9.29 Å². The molecule has 1 aliphatic heterocycles. The highest BCUT2D eigenvalue weighted by molar-refractivity contribution is 7.89. The lowest BCUT2D eigenvalue weighted by molar-refractivity contribution is 0.222. The number of hydrogen-bond acceptors (Lipinski definition) is 3. The monoisotopic (exact) mass is 270 g/mol. The van der Waals surface area contributed by atoms with Crippen LogP contribution in [0.2, 0.25) is 0 Å². The fourth-order valence-corrected chi connectivity index (χ4v) is 4.16. The van der Waals surface area contributed by atoms with E-state index in [1.807, 2.05) is 0 Å². The molecule has 6 heteroatoms. The topological polar surface area (TPSA) is 70.2 Å². The lowest BCUT2D eigenvalue weighted by atomic mass is 9.94. The molecule has 1 saturated heterocycles. The quantitative estimate of drug-likeness (QED) is 0.873. The van der Waals surface area contributed by atoms with Crippen LogP contribution in [0.1, 0.15) is 20.3 Å². The molecule has 1 aromatic heterocycles. The van der Waals surface area contributed by atoms with Crippen LogP contribution in [0.4, 0.5) is 0 Å². The molecule has 0 saturated carbocycles. The van der Waals surface area contributed by atoms with Gasteiger partial charge in [0.15, 0.2) is 0 Å². The molecule has 1 aliphatic rings. The Labute approximate surface area is 107 Å². The van der Waals surface area contributed by atoms with Crippen LogP contribution in [0.25, 0.3) is 0 Å². The van der Waals surface area contributed by atoms with Crippen molar-refractivity contribution < 1.29 is 8.42 Å². The third-order valence-electron chi connectivity index (χ3n) is 3.23. The van der Waals surface area contributed by atoms with Crippen LogP contribution >= 0.6 is 0 Å². The summed E-state index contributed by atoms with van der Waals surface area (Å²) < 4.78 is 26.3. The van der Waals surface area contributed by atoms with Crippen molar-refractivity contribution >= 4 is 10.0 Å². The molecule has 2 atom stereocenters. The molecule has 5 nitrogen and oxygen atoms in total. The minimum atomic E-state index is -3.48. The minimum absolute atomic E-state index is 0.156. The first-order valence-corrected chi connectivity index (χ1v) is 7.52. The molecule has 18 heavy (non-hydrogen) atoms. The van der Waals surface area contributed by atoms with Gasteiger partial charge in [-0.2, -0.15) is 4.31 Å². The maximum Gasteiger partial charge on any atom is 0.247 e. The van der Waals surface area contributed by atoms with Crippen molar-refractivity contribution in [1.29, 1.82) is 0 Å². The lowest BCUT2D eigenvalue weighted by Crippen LogP contribution is -2.42. The van der Waals surface area contributed by atoms with E-state index in [2.05, 4.69) is 18.8 Å². The Morgan fingerprint density at radius 3 is 2.33 bits per heavy atom. The number of aromatic amines is 1. The largest absolute Gasteiger partial charge is 0.328 e. The molecule has 0 spiro atoms. The van der Waals surface area contributed by atoms with Crippen molar-refractivity contribution in [2.75, 3.05) is 13.1 Å². The van der Waals surface area contributed by atoms with Crippen LogP contribution < -0.4 is 5.56 Å². The number of nitrogens with zero attached hydrogens (tertiary/aromatic N) is 1. The van der Waals surface area contributed by atoms with Crippen LogP contribution in [0.3, 0.4) is 0 Å². The molecular formula is C12H18N2O3S. The Kier molecular flexibility index (Phi) is 3.59. The predicted molar refractivity (Wildman–Crippen MR) is 68.8 cm³/mol. The Hall–Kier alpha value is -1.14. The maximum atomic E-state index is 12.4. The lowest BCUT2D eigenvalue weighted by Gasteiger charge is -2.33. The molecule has 0 aromatic carbocycles. The standard InChI is InChI=1S/C12H18N2O3S/c1-9-5-10(2)8-14(7-9)18(16,17)11-3-4-12(15)13-6-11/h3-4,6,9-10H,5,7-8H2,1-2H3,(H,13,15). The van der Waals surface area contributed by atoms with E-state index in [4.69, 9.17) is 0 Å². The highest BCUT2D eigenvalue weighted by Gasteiger charge is 2.31. The van der Waals surface area contributed by atoms with Gasteiger partial charge in [-0.05, 0) is 24.3 Å². The van der Waals surface area contributed by atoms with E-state index >= 15 is 0 Å². The maximum absolute atomic E-state index is 12.4. The average molecular weight is 270 g/mol. The van der Waals surface area contributed by atoms with Gasteiger partial charge in [-0.15, -0.1) is 0 Å². The summed E-state index contributed by atoms with van der Waals surface area (Å²) >= 11 is 0. The van der Waals surface area contributed by atoms with Gasteiger partial charge in [-0.25, -0.2) is 8.42 Å². The van der Waals surface area contributed by atoms with Crippen molar-refractivity contribution in [2.45, 2.75) is 25.2 Å². The summed E-state index contributed by atoms with van der Waals surface area (Å²) in [4.78, 5) is 13.5. The Morgan fingerprint density at radius 2 is 1.83 bits per heavy atom. The van der Waals surface area contributed by atoms with Gasteiger partial charge in [0.25, 0.3) is 0 Å². The van der Waals surface area contributed by atoms with Gasteiger partial charge < -0.3 is 4.98 Å². The molecule has 2 heterocycles. The third-order valence-corrected chi connectivity index (χ3v) is 5.06. The van der Waals surface area contributed by atoms with Gasteiger partial charge >= 0.3 is 0 Å². The van der Waals surface area contributed by atoms with Gasteiger partial charge in [0, 0.05) is 25.4 Å². The molecule has 1 N–H and O–H groups in total. The second kappa shape index (κ2) is 4.85. The second-order valence-corrected chi connectivity index (χ2v) is 7.09. The number of rotatable bonds is 2. The summed E-state index contributed by atoms with van der Waals surface area (Å²) in [5, 5.41) is 0. The van der Waals surface area contributed by atoms with Gasteiger partial charge in [-0.3, -0.25) is 4.79 Å². The number of aromatic nitrogens is 1. The van der Waals surface area contributed by atoms with Crippen molar-refractivity contribution in [3.8, 4) is 0 Å². The van der Waals surface area contributed by atoms with Gasteiger partial charge in [-0.1, -0.05) is 13.8 Å². The highest BCUT2D eigenvalue weighted by Crippen LogP contribution is 2.25. The molecule has 0 radical (unpaired) electrons. The number of nitrogens with one attached hydrogen (secondary N) is 1. The smallest absolute Gasteiger partial charge is 0.247 e. The molecule has 1 fully saturated rings. The first-order valence-electron chi connectivity index (χ1n) is 6.08. The summed E-state index contributed by atoms with van der Waals surface area (Å²) in [6, 6.07) is 2.60. The molecule has 2 unspecified atom stereocenters. The van der Waals surface area contributed by atoms with E-state index in [1.165, 1.54) is 22.6 Å². The summed E-state index contributed by atoms with van der Waals surface area (Å²) in [6.07, 6.45) is 2.32. The summed E-state index contributed by atoms with van der Waals surface area (Å²) in [6.45, 7) is 5.22. The number of pyridine rings is 1. The number of piperidine rings is 1. The normalized spacial score (nSPS) is 26.1.